The maximum atomic E-state index is 11.5. The molecule has 0 N–H and O–H groups in total. The van der Waals surface area contributed by atoms with Gasteiger partial charge in [0.2, 0.25) is 8.32 Å². The summed E-state index contributed by atoms with van der Waals surface area (Å²) in [7, 11) is -1.84. The lowest BCUT2D eigenvalue weighted by molar-refractivity contribution is -0.121. The van der Waals surface area contributed by atoms with E-state index in [2.05, 4.69) is 41.5 Å². The molecule has 2 atom stereocenters. The fraction of sp³-hybridized carbons (Fsp3) is 0.933. The third-order valence-corrected chi connectivity index (χ3v) is 11.2. The van der Waals surface area contributed by atoms with Crippen LogP contribution in [-0.2, 0) is 9.22 Å². The molecular weight excluding hydrogens is 276 g/mol. The average molecular weight is 305 g/mol. The summed E-state index contributed by atoms with van der Waals surface area (Å²) in [6.07, 6.45) is 2.31. The molecule has 1 rings (SSSR count). The Balaban J connectivity index is 2.87. The van der Waals surface area contributed by atoms with Crippen molar-refractivity contribution in [3.63, 3.8) is 0 Å². The van der Waals surface area contributed by atoms with Crippen LogP contribution in [0.5, 0.6) is 0 Å². The van der Waals surface area contributed by atoms with Crippen molar-refractivity contribution < 1.29 is 9.22 Å². The highest BCUT2D eigenvalue weighted by molar-refractivity contribution is 6.77. The molecule has 2 nitrogen and oxygen atoms in total. The second kappa shape index (κ2) is 6.73. The maximum absolute atomic E-state index is 11.5. The lowest BCUT2D eigenvalue weighted by Crippen LogP contribution is -2.51. The second-order valence-corrected chi connectivity index (χ2v) is 12.7. The Kier molecular flexibility index (Phi) is 6.09. The molecular formula is C15H29ClO2Si. The minimum atomic E-state index is -1.84. The van der Waals surface area contributed by atoms with E-state index in [4.69, 9.17) is 16.0 Å². The van der Waals surface area contributed by atoms with Crippen molar-refractivity contribution in [3.05, 3.63) is 0 Å². The summed E-state index contributed by atoms with van der Waals surface area (Å²) in [5.74, 6) is 0.187. The zero-order chi connectivity index (χ0) is 14.8. The minimum Gasteiger partial charge on any atom is -0.413 e. The van der Waals surface area contributed by atoms with Crippen molar-refractivity contribution in [2.45, 2.75) is 88.9 Å². The molecule has 0 saturated heterocycles. The number of carbonyl (C=O) groups excluding carboxylic acids is 1. The molecule has 0 spiro atoms. The van der Waals surface area contributed by atoms with Gasteiger partial charge in [0, 0.05) is 12.5 Å². The van der Waals surface area contributed by atoms with Crippen molar-refractivity contribution >= 4 is 25.7 Å². The summed E-state index contributed by atoms with van der Waals surface area (Å²) >= 11 is 6.12. The maximum Gasteiger partial charge on any atom is 0.200 e. The molecule has 1 aliphatic rings. The zero-order valence-electron chi connectivity index (χ0n) is 13.2. The molecule has 1 saturated carbocycles. The molecule has 0 aromatic carbocycles. The first kappa shape index (κ1) is 17.2. The number of hydrogen-bond donors (Lipinski definition) is 0. The van der Waals surface area contributed by atoms with E-state index in [0.717, 1.165) is 6.42 Å². The van der Waals surface area contributed by atoms with Crippen LogP contribution in [0.3, 0.4) is 0 Å². The number of hydrogen-bond acceptors (Lipinski definition) is 2. The Morgan fingerprint density at radius 2 is 1.58 bits per heavy atom. The van der Waals surface area contributed by atoms with Crippen LogP contribution in [0.15, 0.2) is 0 Å². The fourth-order valence-electron chi connectivity index (χ4n) is 3.74. The summed E-state index contributed by atoms with van der Waals surface area (Å²) in [5, 5.41) is -0.336. The van der Waals surface area contributed by atoms with Gasteiger partial charge in [-0.1, -0.05) is 41.5 Å². The predicted octanol–water partition coefficient (Wildman–Crippen LogP) is 4.91. The molecule has 0 heterocycles. The lowest BCUT2D eigenvalue weighted by Gasteiger charge is -2.45. The molecule has 2 unspecified atom stereocenters. The molecule has 19 heavy (non-hydrogen) atoms. The number of halogens is 1. The van der Waals surface area contributed by atoms with Crippen LogP contribution in [0.25, 0.3) is 0 Å². The molecule has 0 radical (unpaired) electrons. The van der Waals surface area contributed by atoms with E-state index in [-0.39, 0.29) is 17.3 Å². The Labute approximate surface area is 124 Å². The summed E-state index contributed by atoms with van der Waals surface area (Å²) in [5.41, 5.74) is 1.75. The largest absolute Gasteiger partial charge is 0.413 e. The van der Waals surface area contributed by atoms with Crippen molar-refractivity contribution in [1.82, 2.24) is 0 Å². The fourth-order valence-corrected chi connectivity index (χ4v) is 9.66. The van der Waals surface area contributed by atoms with Gasteiger partial charge in [-0.05, 0) is 29.5 Å². The molecule has 0 aromatic heterocycles. The van der Waals surface area contributed by atoms with E-state index in [0.29, 0.717) is 29.5 Å². The van der Waals surface area contributed by atoms with Gasteiger partial charge in [-0.3, -0.25) is 4.79 Å². The second-order valence-electron chi connectivity index (χ2n) is 6.77. The Morgan fingerprint density at radius 1 is 1.11 bits per heavy atom. The van der Waals surface area contributed by atoms with E-state index >= 15 is 0 Å². The highest BCUT2D eigenvalue weighted by Gasteiger charge is 2.47. The van der Waals surface area contributed by atoms with Crippen molar-refractivity contribution in [3.8, 4) is 0 Å². The topological polar surface area (TPSA) is 26.3 Å². The third-order valence-electron chi connectivity index (χ3n) is 4.61. The van der Waals surface area contributed by atoms with Gasteiger partial charge in [0.1, 0.15) is 0 Å². The molecule has 0 amide bonds. The van der Waals surface area contributed by atoms with Gasteiger partial charge in [-0.15, -0.1) is 11.6 Å². The number of alkyl halides is 1. The van der Waals surface area contributed by atoms with Gasteiger partial charge in [-0.2, -0.15) is 0 Å². The monoisotopic (exact) mass is 304 g/mol. The van der Waals surface area contributed by atoms with Gasteiger partial charge < -0.3 is 4.43 Å². The van der Waals surface area contributed by atoms with Gasteiger partial charge >= 0.3 is 0 Å². The van der Waals surface area contributed by atoms with Crippen molar-refractivity contribution in [2.75, 3.05) is 0 Å². The highest BCUT2D eigenvalue weighted by atomic mass is 35.5. The highest BCUT2D eigenvalue weighted by Crippen LogP contribution is 2.44. The zero-order valence-corrected chi connectivity index (χ0v) is 15.0. The average Bonchev–Trinajstić information content (AvgIpc) is 2.29. The molecule has 4 heteroatoms. The van der Waals surface area contributed by atoms with Crippen LogP contribution in [0, 0.1) is 0 Å². The molecule has 0 aliphatic heterocycles. The summed E-state index contributed by atoms with van der Waals surface area (Å²) in [6.45, 7) is 13.7. The number of rotatable bonds is 5. The number of ketones is 1. The van der Waals surface area contributed by atoms with Crippen LogP contribution >= 0.6 is 11.6 Å². The van der Waals surface area contributed by atoms with E-state index < -0.39 is 8.32 Å². The number of carbonyl (C=O) groups is 1. The van der Waals surface area contributed by atoms with Crippen LogP contribution in [-0.4, -0.2) is 25.6 Å². The van der Waals surface area contributed by atoms with Crippen molar-refractivity contribution in [1.29, 1.82) is 0 Å². The minimum absolute atomic E-state index is 0.180. The molecule has 0 aromatic rings. The van der Waals surface area contributed by atoms with E-state index in [9.17, 15) is 4.79 Å². The van der Waals surface area contributed by atoms with Crippen molar-refractivity contribution in [2.24, 2.45) is 0 Å². The van der Waals surface area contributed by atoms with E-state index in [1.807, 2.05) is 0 Å². The Bertz CT molecular complexity index is 293. The number of Topliss-reactive ketones (excluding diaryl/α,β-unsaturated/α-hetero) is 1. The van der Waals surface area contributed by atoms with Crippen LogP contribution in [0.2, 0.25) is 16.6 Å². The molecule has 0 bridgehead atoms. The van der Waals surface area contributed by atoms with Gasteiger partial charge in [-0.25, -0.2) is 0 Å². The Morgan fingerprint density at radius 3 is 1.95 bits per heavy atom. The third kappa shape index (κ3) is 3.62. The normalized spacial score (nSPS) is 25.7. The standard InChI is InChI=1S/C15H29ClO2Si/c1-10(2)19(11(3)4,12(5)6)18-13-7-8-15(17)14(16)9-13/h10-14H,7-9H2,1-6H3. The first-order valence-corrected chi connectivity index (χ1v) is 10.1. The van der Waals surface area contributed by atoms with Crippen LogP contribution in [0.4, 0.5) is 0 Å². The smallest absolute Gasteiger partial charge is 0.200 e. The summed E-state index contributed by atoms with van der Waals surface area (Å²) in [6, 6.07) is 0. The van der Waals surface area contributed by atoms with Gasteiger partial charge in [0.25, 0.3) is 0 Å². The predicted molar refractivity (Wildman–Crippen MR) is 84.4 cm³/mol. The van der Waals surface area contributed by atoms with E-state index in [1.165, 1.54) is 0 Å². The summed E-state index contributed by atoms with van der Waals surface area (Å²) in [4.78, 5) is 11.5. The first-order chi connectivity index (χ1) is 8.71. The first-order valence-electron chi connectivity index (χ1n) is 7.56. The molecule has 1 aliphatic carbocycles. The lowest BCUT2D eigenvalue weighted by atomic mass is 9.96. The SMILES string of the molecule is CC(C)[Si](OC1CCC(=O)C(Cl)C1)(C(C)C)C(C)C. The van der Waals surface area contributed by atoms with Gasteiger partial charge in [0.05, 0.1) is 5.38 Å². The van der Waals surface area contributed by atoms with E-state index in [1.54, 1.807) is 0 Å². The quantitative estimate of drug-likeness (QED) is 0.533. The van der Waals surface area contributed by atoms with Crippen LogP contribution < -0.4 is 0 Å². The van der Waals surface area contributed by atoms with Crippen LogP contribution in [0.1, 0.15) is 60.8 Å². The molecule has 112 valence electrons. The van der Waals surface area contributed by atoms with Gasteiger partial charge in [0.15, 0.2) is 5.78 Å². The Hall–Kier alpha value is 0.137. The summed E-state index contributed by atoms with van der Waals surface area (Å²) < 4.78 is 6.68. The molecule has 1 fully saturated rings.